The van der Waals surface area contributed by atoms with Gasteiger partial charge in [0.05, 0.1) is 54.9 Å². The number of nitrogens with one attached hydrogen (secondary N) is 1. The fourth-order valence-corrected chi connectivity index (χ4v) is 3.48. The van der Waals surface area contributed by atoms with Crippen molar-refractivity contribution in [2.24, 2.45) is 0 Å². The molecular weight excluding hydrogens is 442 g/mol. The molecule has 0 saturated carbocycles. The van der Waals surface area contributed by atoms with Gasteiger partial charge in [-0.05, 0) is 31.5 Å². The van der Waals surface area contributed by atoms with Gasteiger partial charge in [0.25, 0.3) is 0 Å². The Morgan fingerprint density at radius 3 is 1.72 bits per heavy atom. The fourth-order valence-electron chi connectivity index (χ4n) is 3.21. The maximum atomic E-state index is 12.9. The molecule has 1 aromatic carbocycles. The molecule has 2 rings (SSSR count). The Bertz CT molecular complexity index is 756. The van der Waals surface area contributed by atoms with Gasteiger partial charge in [-0.3, -0.25) is 0 Å². The Kier molecular flexibility index (Phi) is 8.88. The van der Waals surface area contributed by atoms with Crippen LogP contribution in [0.15, 0.2) is 51.3 Å². The molecule has 1 heterocycles. The average Bonchev–Trinajstić information content (AvgIpc) is 2.69. The lowest BCUT2D eigenvalue weighted by atomic mass is 9.80. The SMILES string of the molecule is CCOC(=O)C1=C(COC)NC(COC)=C(C(=O)OCC)C1c1ccc(Br)cc1. The molecule has 29 heavy (non-hydrogen) atoms. The Hall–Kier alpha value is -2.16. The smallest absolute Gasteiger partial charge is 0.336 e. The number of methoxy groups -OCH3 is 2. The van der Waals surface area contributed by atoms with Crippen molar-refractivity contribution >= 4 is 27.9 Å². The lowest BCUT2D eigenvalue weighted by molar-refractivity contribution is -0.139. The van der Waals surface area contributed by atoms with Crippen LogP contribution in [0.5, 0.6) is 0 Å². The van der Waals surface area contributed by atoms with Crippen LogP contribution in [0.3, 0.4) is 0 Å². The third-order valence-corrected chi connectivity index (χ3v) is 4.83. The van der Waals surface area contributed by atoms with Crippen LogP contribution in [0, 0.1) is 0 Å². The van der Waals surface area contributed by atoms with E-state index in [2.05, 4.69) is 21.2 Å². The molecule has 0 bridgehead atoms. The summed E-state index contributed by atoms with van der Waals surface area (Å²) in [6, 6.07) is 7.42. The molecule has 1 aromatic rings. The van der Waals surface area contributed by atoms with E-state index in [0.29, 0.717) is 22.5 Å². The van der Waals surface area contributed by atoms with Crippen LogP contribution in [0.2, 0.25) is 0 Å². The summed E-state index contributed by atoms with van der Waals surface area (Å²) in [7, 11) is 3.07. The van der Waals surface area contributed by atoms with Crippen molar-refractivity contribution in [2.45, 2.75) is 19.8 Å². The highest BCUT2D eigenvalue weighted by Gasteiger charge is 2.39. The Morgan fingerprint density at radius 1 is 0.897 bits per heavy atom. The van der Waals surface area contributed by atoms with Gasteiger partial charge in [0.15, 0.2) is 0 Å². The second-order valence-electron chi connectivity index (χ2n) is 6.20. The van der Waals surface area contributed by atoms with Gasteiger partial charge in [0, 0.05) is 18.7 Å². The summed E-state index contributed by atoms with van der Waals surface area (Å²) in [6.07, 6.45) is 0. The summed E-state index contributed by atoms with van der Waals surface area (Å²) < 4.78 is 22.1. The van der Waals surface area contributed by atoms with Crippen molar-refractivity contribution in [1.82, 2.24) is 5.32 Å². The van der Waals surface area contributed by atoms with Crippen LogP contribution in [-0.4, -0.2) is 52.6 Å². The van der Waals surface area contributed by atoms with Gasteiger partial charge in [-0.2, -0.15) is 0 Å². The maximum absolute atomic E-state index is 12.9. The molecule has 0 radical (unpaired) electrons. The topological polar surface area (TPSA) is 83.1 Å². The number of hydrogen-bond acceptors (Lipinski definition) is 7. The lowest BCUT2D eigenvalue weighted by Crippen LogP contribution is -2.36. The minimum absolute atomic E-state index is 0.143. The quantitative estimate of drug-likeness (QED) is 0.558. The van der Waals surface area contributed by atoms with E-state index in [1.807, 2.05) is 24.3 Å². The second-order valence-corrected chi connectivity index (χ2v) is 7.12. The lowest BCUT2D eigenvalue weighted by Gasteiger charge is -2.32. The fraction of sp³-hybridized carbons (Fsp3) is 0.429. The highest BCUT2D eigenvalue weighted by Crippen LogP contribution is 2.40. The van der Waals surface area contributed by atoms with E-state index >= 15 is 0 Å². The number of hydrogen-bond donors (Lipinski definition) is 1. The molecule has 158 valence electrons. The molecule has 0 spiro atoms. The molecule has 0 aliphatic carbocycles. The standard InChI is InChI=1S/C21H26BrNO6/c1-5-28-20(24)18-15(11-26-3)23-16(12-27-4)19(21(25)29-6-2)17(18)13-7-9-14(22)10-8-13/h7-10,17,23H,5-6,11-12H2,1-4H3. The number of ether oxygens (including phenoxy) is 4. The number of carbonyl (C=O) groups is 2. The van der Waals surface area contributed by atoms with Gasteiger partial charge in [-0.25, -0.2) is 9.59 Å². The van der Waals surface area contributed by atoms with E-state index in [9.17, 15) is 9.59 Å². The average molecular weight is 468 g/mol. The van der Waals surface area contributed by atoms with Gasteiger partial charge in [-0.15, -0.1) is 0 Å². The molecule has 1 N–H and O–H groups in total. The van der Waals surface area contributed by atoms with E-state index in [1.165, 1.54) is 14.2 Å². The molecule has 8 heteroatoms. The van der Waals surface area contributed by atoms with Crippen LogP contribution in [0.4, 0.5) is 0 Å². The van der Waals surface area contributed by atoms with Gasteiger partial charge in [0.2, 0.25) is 0 Å². The molecule has 0 aromatic heterocycles. The predicted molar refractivity (Wildman–Crippen MR) is 111 cm³/mol. The number of dihydropyridines is 1. The first-order chi connectivity index (χ1) is 14.0. The monoisotopic (exact) mass is 467 g/mol. The molecule has 7 nitrogen and oxygen atoms in total. The molecule has 0 amide bonds. The van der Waals surface area contributed by atoms with Gasteiger partial charge < -0.3 is 24.3 Å². The zero-order valence-corrected chi connectivity index (χ0v) is 18.6. The van der Waals surface area contributed by atoms with Gasteiger partial charge in [-0.1, -0.05) is 28.1 Å². The third kappa shape index (κ3) is 5.46. The first-order valence-corrected chi connectivity index (χ1v) is 10.1. The van der Waals surface area contributed by atoms with E-state index in [-0.39, 0.29) is 26.4 Å². The van der Waals surface area contributed by atoms with Crippen molar-refractivity contribution in [3.8, 4) is 0 Å². The number of carbonyl (C=O) groups excluding carboxylic acids is 2. The van der Waals surface area contributed by atoms with E-state index in [0.717, 1.165) is 10.0 Å². The summed E-state index contributed by atoms with van der Waals surface area (Å²) in [6.45, 7) is 4.17. The number of benzene rings is 1. The van der Waals surface area contributed by atoms with Crippen molar-refractivity contribution in [3.05, 3.63) is 56.8 Å². The van der Waals surface area contributed by atoms with E-state index < -0.39 is 17.9 Å². The molecule has 1 aliphatic rings. The predicted octanol–water partition coefficient (Wildman–Crippen LogP) is 3.06. The number of esters is 2. The minimum Gasteiger partial charge on any atom is -0.463 e. The van der Waals surface area contributed by atoms with Crippen molar-refractivity contribution in [1.29, 1.82) is 0 Å². The summed E-state index contributed by atoms with van der Waals surface area (Å²) in [5.41, 5.74) is 2.44. The first-order valence-electron chi connectivity index (χ1n) is 9.29. The third-order valence-electron chi connectivity index (χ3n) is 4.30. The van der Waals surface area contributed by atoms with Crippen LogP contribution in [0.1, 0.15) is 25.3 Å². The van der Waals surface area contributed by atoms with Crippen LogP contribution < -0.4 is 5.32 Å². The molecule has 0 saturated heterocycles. The highest BCUT2D eigenvalue weighted by atomic mass is 79.9. The summed E-state index contributed by atoms with van der Waals surface area (Å²) >= 11 is 3.42. The molecule has 0 fully saturated rings. The Labute approximate surface area is 179 Å². The second kappa shape index (κ2) is 11.1. The normalized spacial score (nSPS) is 14.7. The molecule has 0 unspecified atom stereocenters. The van der Waals surface area contributed by atoms with Gasteiger partial charge in [0.1, 0.15) is 0 Å². The van der Waals surface area contributed by atoms with Crippen LogP contribution in [0.25, 0.3) is 0 Å². The zero-order valence-electron chi connectivity index (χ0n) is 17.0. The van der Waals surface area contributed by atoms with Crippen LogP contribution in [-0.2, 0) is 28.5 Å². The van der Waals surface area contributed by atoms with Crippen molar-refractivity contribution < 1.29 is 28.5 Å². The van der Waals surface area contributed by atoms with Crippen LogP contribution >= 0.6 is 15.9 Å². The minimum atomic E-state index is -0.683. The van der Waals surface area contributed by atoms with E-state index in [4.69, 9.17) is 18.9 Å². The highest BCUT2D eigenvalue weighted by molar-refractivity contribution is 9.10. The first kappa shape index (κ1) is 23.1. The van der Waals surface area contributed by atoms with Gasteiger partial charge >= 0.3 is 11.9 Å². The molecule has 0 atom stereocenters. The zero-order chi connectivity index (χ0) is 21.4. The van der Waals surface area contributed by atoms with E-state index in [1.54, 1.807) is 13.8 Å². The number of rotatable bonds is 9. The number of halogens is 1. The van der Waals surface area contributed by atoms with Crippen molar-refractivity contribution in [2.75, 3.05) is 40.6 Å². The largest absolute Gasteiger partial charge is 0.463 e. The molecule has 1 aliphatic heterocycles. The Balaban J connectivity index is 2.74. The maximum Gasteiger partial charge on any atom is 0.336 e. The van der Waals surface area contributed by atoms with Crippen molar-refractivity contribution in [3.63, 3.8) is 0 Å². The Morgan fingerprint density at radius 2 is 1.34 bits per heavy atom. The summed E-state index contributed by atoms with van der Waals surface area (Å²) in [5, 5.41) is 3.14. The molecular formula is C21H26BrNO6. The summed E-state index contributed by atoms with van der Waals surface area (Å²) in [5.74, 6) is -1.71. The summed E-state index contributed by atoms with van der Waals surface area (Å²) in [4.78, 5) is 25.9.